The number of benzene rings is 1. The summed E-state index contributed by atoms with van der Waals surface area (Å²) < 4.78 is 10.7. The topological polar surface area (TPSA) is 63.7 Å². The minimum absolute atomic E-state index is 0.0243. The molecule has 6 nitrogen and oxygen atoms in total. The molecule has 1 fully saturated rings. The Labute approximate surface area is 170 Å². The first-order valence-electron chi connectivity index (χ1n) is 9.68. The van der Waals surface area contributed by atoms with E-state index in [9.17, 15) is 4.79 Å². The highest BCUT2D eigenvalue weighted by Gasteiger charge is 2.23. The Morgan fingerprint density at radius 1 is 1.25 bits per heavy atom. The molecule has 1 aromatic carbocycles. The third-order valence-corrected chi connectivity index (χ3v) is 6.19. The molecule has 1 aliphatic rings. The summed E-state index contributed by atoms with van der Waals surface area (Å²) in [6.07, 6.45) is 4.83. The summed E-state index contributed by atoms with van der Waals surface area (Å²) in [6, 6.07) is 6.11. The van der Waals surface area contributed by atoms with Crippen LogP contribution in [0.5, 0.6) is 11.5 Å². The van der Waals surface area contributed by atoms with Crippen LogP contribution in [0, 0.1) is 5.92 Å². The molecule has 0 aliphatic heterocycles. The van der Waals surface area contributed by atoms with Gasteiger partial charge in [-0.25, -0.2) is 4.98 Å². The summed E-state index contributed by atoms with van der Waals surface area (Å²) in [5.74, 6) is 2.20. The van der Waals surface area contributed by atoms with Crippen LogP contribution in [-0.2, 0) is 4.79 Å². The van der Waals surface area contributed by atoms with Gasteiger partial charge in [-0.1, -0.05) is 6.92 Å². The minimum Gasteiger partial charge on any atom is -0.497 e. The van der Waals surface area contributed by atoms with E-state index in [1.165, 1.54) is 37.0 Å². The number of amides is 1. The Bertz CT molecular complexity index is 800. The number of hydrogen-bond donors (Lipinski definition) is 1. The molecule has 0 bridgehead atoms. The first-order chi connectivity index (χ1) is 13.5. The summed E-state index contributed by atoms with van der Waals surface area (Å²) in [7, 11) is 5.28. The molecule has 1 N–H and O–H groups in total. The molecule has 1 amide bonds. The predicted molar refractivity (Wildman–Crippen MR) is 113 cm³/mol. The summed E-state index contributed by atoms with van der Waals surface area (Å²) in [4.78, 5) is 19.2. The maximum atomic E-state index is 12.5. The lowest BCUT2D eigenvalue weighted by Crippen LogP contribution is -2.39. The number of hydrogen-bond acceptors (Lipinski definition) is 6. The number of carbonyl (C=O) groups excluding carboxylic acids is 1. The molecule has 1 aliphatic carbocycles. The summed E-state index contributed by atoms with van der Waals surface area (Å²) in [6.45, 7) is 2.70. The third-order valence-electron chi connectivity index (χ3n) is 5.44. The zero-order chi connectivity index (χ0) is 20.1. The Balaban J connectivity index is 1.60. The molecule has 0 unspecified atom stereocenters. The van der Waals surface area contributed by atoms with E-state index in [-0.39, 0.29) is 5.91 Å². The van der Waals surface area contributed by atoms with Crippen molar-refractivity contribution in [1.29, 1.82) is 0 Å². The van der Waals surface area contributed by atoms with Gasteiger partial charge in [0.2, 0.25) is 5.91 Å². The van der Waals surface area contributed by atoms with E-state index >= 15 is 0 Å². The summed E-state index contributed by atoms with van der Waals surface area (Å²) >= 11 is 1.42. The number of rotatable bonds is 7. The minimum atomic E-state index is -0.0243. The van der Waals surface area contributed by atoms with Gasteiger partial charge < -0.3 is 14.8 Å². The molecule has 152 valence electrons. The van der Waals surface area contributed by atoms with E-state index in [4.69, 9.17) is 9.47 Å². The van der Waals surface area contributed by atoms with Crippen molar-refractivity contribution in [3.8, 4) is 22.8 Å². The molecule has 0 spiro atoms. The van der Waals surface area contributed by atoms with Gasteiger partial charge in [0.05, 0.1) is 26.5 Å². The van der Waals surface area contributed by atoms with Gasteiger partial charge >= 0.3 is 0 Å². The number of ether oxygens (including phenoxy) is 2. The molecule has 3 rings (SSSR count). The van der Waals surface area contributed by atoms with Crippen molar-refractivity contribution >= 4 is 22.4 Å². The largest absolute Gasteiger partial charge is 0.497 e. The number of likely N-dealkylation sites (N-methyl/N-ethyl adjacent to an activating group) is 1. The number of nitrogens with zero attached hydrogens (tertiary/aromatic N) is 2. The maximum absolute atomic E-state index is 12.5. The van der Waals surface area contributed by atoms with Crippen LogP contribution in [0.2, 0.25) is 0 Å². The van der Waals surface area contributed by atoms with Crippen molar-refractivity contribution in [2.75, 3.05) is 33.1 Å². The van der Waals surface area contributed by atoms with Crippen LogP contribution < -0.4 is 14.8 Å². The Morgan fingerprint density at radius 3 is 2.68 bits per heavy atom. The smallest absolute Gasteiger partial charge is 0.240 e. The molecule has 1 heterocycles. The fourth-order valence-electron chi connectivity index (χ4n) is 3.66. The number of aromatic nitrogens is 1. The third kappa shape index (κ3) is 5.02. The van der Waals surface area contributed by atoms with E-state index < -0.39 is 0 Å². The maximum Gasteiger partial charge on any atom is 0.240 e. The van der Waals surface area contributed by atoms with Gasteiger partial charge in [0.1, 0.15) is 11.5 Å². The van der Waals surface area contributed by atoms with Gasteiger partial charge in [0.15, 0.2) is 5.13 Å². The van der Waals surface area contributed by atoms with Crippen LogP contribution in [0.25, 0.3) is 11.3 Å². The second-order valence-corrected chi connectivity index (χ2v) is 8.34. The Hall–Kier alpha value is -2.12. The van der Waals surface area contributed by atoms with E-state index in [1.807, 2.05) is 30.6 Å². The number of carbonyl (C=O) groups is 1. The molecule has 28 heavy (non-hydrogen) atoms. The second-order valence-electron chi connectivity index (χ2n) is 7.48. The summed E-state index contributed by atoms with van der Waals surface area (Å²) in [5, 5.41) is 5.46. The zero-order valence-electron chi connectivity index (χ0n) is 17.0. The van der Waals surface area contributed by atoms with Crippen molar-refractivity contribution in [1.82, 2.24) is 9.88 Å². The first-order valence-corrected chi connectivity index (χ1v) is 10.6. The highest BCUT2D eigenvalue weighted by molar-refractivity contribution is 7.14. The number of anilines is 1. The highest BCUT2D eigenvalue weighted by atomic mass is 32.1. The predicted octanol–water partition coefficient (Wildman–Crippen LogP) is 4.28. The van der Waals surface area contributed by atoms with E-state index in [2.05, 4.69) is 22.1 Å². The monoisotopic (exact) mass is 403 g/mol. The van der Waals surface area contributed by atoms with Gasteiger partial charge in [-0.3, -0.25) is 9.69 Å². The van der Waals surface area contributed by atoms with Gasteiger partial charge in [-0.2, -0.15) is 0 Å². The van der Waals surface area contributed by atoms with Crippen LogP contribution in [0.1, 0.15) is 32.6 Å². The van der Waals surface area contributed by atoms with Gasteiger partial charge in [0, 0.05) is 23.1 Å². The lowest BCUT2D eigenvalue weighted by atomic mass is 9.87. The van der Waals surface area contributed by atoms with Crippen LogP contribution in [0.15, 0.2) is 23.6 Å². The molecule has 1 aromatic heterocycles. The van der Waals surface area contributed by atoms with Crippen molar-refractivity contribution in [2.45, 2.75) is 38.6 Å². The second kappa shape index (κ2) is 9.39. The van der Waals surface area contributed by atoms with Gasteiger partial charge in [-0.15, -0.1) is 11.3 Å². The van der Waals surface area contributed by atoms with E-state index in [1.54, 1.807) is 14.2 Å². The number of thiazole rings is 1. The van der Waals surface area contributed by atoms with Crippen molar-refractivity contribution in [3.63, 3.8) is 0 Å². The fraction of sp³-hybridized carbons (Fsp3) is 0.524. The average molecular weight is 404 g/mol. The lowest BCUT2D eigenvalue weighted by molar-refractivity contribution is -0.117. The van der Waals surface area contributed by atoms with Crippen LogP contribution in [0.4, 0.5) is 5.13 Å². The fourth-order valence-corrected chi connectivity index (χ4v) is 4.39. The molecule has 7 heteroatoms. The van der Waals surface area contributed by atoms with Crippen LogP contribution in [-0.4, -0.2) is 49.6 Å². The zero-order valence-corrected chi connectivity index (χ0v) is 17.8. The van der Waals surface area contributed by atoms with E-state index in [0.717, 1.165) is 22.9 Å². The summed E-state index contributed by atoms with van der Waals surface area (Å²) in [5.41, 5.74) is 1.64. The van der Waals surface area contributed by atoms with Gasteiger partial charge in [0.25, 0.3) is 0 Å². The molecular formula is C21H29N3O3S. The highest BCUT2D eigenvalue weighted by Crippen LogP contribution is 2.35. The Morgan fingerprint density at radius 2 is 2.00 bits per heavy atom. The molecule has 1 saturated carbocycles. The van der Waals surface area contributed by atoms with Crippen molar-refractivity contribution in [2.24, 2.45) is 5.92 Å². The molecule has 2 aromatic rings. The SMILES string of the molecule is COc1ccc(-c2csc(NC(=O)CN(C)C3CCC(C)CC3)n2)c(OC)c1. The van der Waals surface area contributed by atoms with E-state index in [0.29, 0.717) is 23.5 Å². The number of nitrogens with one attached hydrogen (secondary N) is 1. The number of methoxy groups -OCH3 is 2. The standard InChI is InChI=1S/C21H29N3O3S/c1-14-5-7-15(8-6-14)24(2)12-20(25)23-21-22-18(13-28-21)17-10-9-16(26-3)11-19(17)27-4/h9-11,13-15H,5-8,12H2,1-4H3,(H,22,23,25). The average Bonchev–Trinajstić information content (AvgIpc) is 3.15. The molecular weight excluding hydrogens is 374 g/mol. The van der Waals surface area contributed by atoms with Crippen LogP contribution in [0.3, 0.4) is 0 Å². The van der Waals surface area contributed by atoms with Crippen LogP contribution >= 0.6 is 11.3 Å². The molecule has 0 saturated heterocycles. The normalized spacial score (nSPS) is 19.5. The molecule has 0 atom stereocenters. The van der Waals surface area contributed by atoms with Gasteiger partial charge in [-0.05, 0) is 50.8 Å². The first kappa shape index (κ1) is 20.6. The lowest BCUT2D eigenvalue weighted by Gasteiger charge is -2.33. The van der Waals surface area contributed by atoms with Crippen molar-refractivity contribution in [3.05, 3.63) is 23.6 Å². The van der Waals surface area contributed by atoms with Crippen molar-refractivity contribution < 1.29 is 14.3 Å². The quantitative estimate of drug-likeness (QED) is 0.748. The molecule has 0 radical (unpaired) electrons. The Kier molecular flexibility index (Phi) is 6.91.